The molecule has 82 valence electrons. The normalized spacial score (nSPS) is 15.3. The maximum atomic E-state index is 5.60. The lowest BCUT2D eigenvalue weighted by Gasteiger charge is -2.08. The average Bonchev–Trinajstić information content (AvgIpc) is 2.50. The van der Waals surface area contributed by atoms with Crippen molar-refractivity contribution in [2.45, 2.75) is 20.1 Å². The van der Waals surface area contributed by atoms with E-state index in [1.165, 1.54) is 11.1 Å². The number of nitrogens with one attached hydrogen (secondary N) is 1. The molecule has 1 aromatic carbocycles. The molecule has 0 radical (unpaired) electrons. The van der Waals surface area contributed by atoms with Crippen LogP contribution in [0.1, 0.15) is 18.1 Å². The summed E-state index contributed by atoms with van der Waals surface area (Å²) in [4.78, 5) is 0. The Kier molecular flexibility index (Phi) is 3.59. The lowest BCUT2D eigenvalue weighted by Crippen LogP contribution is -2.16. The van der Waals surface area contributed by atoms with E-state index in [0.29, 0.717) is 6.61 Å². The van der Waals surface area contributed by atoms with Gasteiger partial charge >= 0.3 is 0 Å². The van der Waals surface area contributed by atoms with Crippen LogP contribution in [0, 0.1) is 0 Å². The van der Waals surface area contributed by atoms with Crippen molar-refractivity contribution in [3.8, 4) is 5.75 Å². The highest BCUT2D eigenvalue weighted by molar-refractivity contribution is 5.37. The minimum Gasteiger partial charge on any atom is -0.492 e. The summed E-state index contributed by atoms with van der Waals surface area (Å²) in [5.74, 6) is 1.00. The van der Waals surface area contributed by atoms with Gasteiger partial charge in [-0.2, -0.15) is 0 Å². The smallest absolute Gasteiger partial charge is 0.123 e. The molecule has 2 rings (SSSR count). The van der Waals surface area contributed by atoms with E-state index in [2.05, 4.69) is 17.4 Å². The lowest BCUT2D eigenvalue weighted by atomic mass is 10.1. The number of fused-ring (bicyclic) bond motifs is 1. The van der Waals surface area contributed by atoms with Crippen LogP contribution in [0.3, 0.4) is 0 Å². The summed E-state index contributed by atoms with van der Waals surface area (Å²) in [6.45, 7) is 5.99. The monoisotopic (exact) mass is 207 g/mol. The maximum Gasteiger partial charge on any atom is 0.123 e. The van der Waals surface area contributed by atoms with Crippen molar-refractivity contribution in [1.29, 1.82) is 0 Å². The Labute approximate surface area is 90.4 Å². The quantitative estimate of drug-likeness (QED) is 0.818. The zero-order valence-electron chi connectivity index (χ0n) is 9.08. The molecule has 1 N–H and O–H groups in total. The first-order valence-corrected chi connectivity index (χ1v) is 5.43. The first kappa shape index (κ1) is 10.5. The Bertz CT molecular complexity index is 325. The Morgan fingerprint density at radius 2 is 2.40 bits per heavy atom. The molecular weight excluding hydrogens is 190 g/mol. The second kappa shape index (κ2) is 5.14. The van der Waals surface area contributed by atoms with Gasteiger partial charge in [0.05, 0.1) is 6.61 Å². The molecule has 0 saturated heterocycles. The molecule has 1 heterocycles. The lowest BCUT2D eigenvalue weighted by molar-refractivity contribution is 0.134. The first-order chi connectivity index (χ1) is 7.40. The number of hydrogen-bond donors (Lipinski definition) is 1. The van der Waals surface area contributed by atoms with Crippen molar-refractivity contribution in [3.05, 3.63) is 29.3 Å². The molecule has 0 atom stereocenters. The molecule has 0 saturated carbocycles. The van der Waals surface area contributed by atoms with Gasteiger partial charge in [0.15, 0.2) is 0 Å². The molecule has 0 aromatic heterocycles. The van der Waals surface area contributed by atoms with Crippen LogP contribution >= 0.6 is 0 Å². The SMILES string of the molecule is CCOCc1ccc2c(c1)CNCCO2. The van der Waals surface area contributed by atoms with E-state index in [9.17, 15) is 0 Å². The fraction of sp³-hybridized carbons (Fsp3) is 0.500. The first-order valence-electron chi connectivity index (χ1n) is 5.43. The third-order valence-corrected chi connectivity index (χ3v) is 2.45. The van der Waals surface area contributed by atoms with Crippen molar-refractivity contribution in [2.75, 3.05) is 19.8 Å². The van der Waals surface area contributed by atoms with Crippen LogP contribution in [0.2, 0.25) is 0 Å². The maximum absolute atomic E-state index is 5.60. The summed E-state index contributed by atoms with van der Waals surface area (Å²) in [5.41, 5.74) is 2.44. The minimum atomic E-state index is 0.684. The predicted molar refractivity (Wildman–Crippen MR) is 59.0 cm³/mol. The standard InChI is InChI=1S/C12H17NO2/c1-2-14-9-10-3-4-12-11(7-10)8-13-5-6-15-12/h3-4,7,13H,2,5-6,8-9H2,1H3. The molecule has 0 bridgehead atoms. The van der Waals surface area contributed by atoms with E-state index in [4.69, 9.17) is 9.47 Å². The summed E-state index contributed by atoms with van der Waals surface area (Å²) in [6.07, 6.45) is 0. The van der Waals surface area contributed by atoms with E-state index in [-0.39, 0.29) is 0 Å². The molecule has 1 aromatic rings. The molecular formula is C12H17NO2. The summed E-state index contributed by atoms with van der Waals surface area (Å²) in [6, 6.07) is 6.26. The van der Waals surface area contributed by atoms with Crippen molar-refractivity contribution in [1.82, 2.24) is 5.32 Å². The van der Waals surface area contributed by atoms with Gasteiger partial charge < -0.3 is 14.8 Å². The zero-order valence-corrected chi connectivity index (χ0v) is 9.08. The number of hydrogen-bond acceptors (Lipinski definition) is 3. The van der Waals surface area contributed by atoms with Gasteiger partial charge in [-0.05, 0) is 24.6 Å². The number of rotatable bonds is 3. The van der Waals surface area contributed by atoms with Crippen molar-refractivity contribution < 1.29 is 9.47 Å². The van der Waals surface area contributed by atoms with E-state index >= 15 is 0 Å². The molecule has 0 spiro atoms. The van der Waals surface area contributed by atoms with Crippen molar-refractivity contribution >= 4 is 0 Å². The Morgan fingerprint density at radius 3 is 3.27 bits per heavy atom. The topological polar surface area (TPSA) is 30.5 Å². The van der Waals surface area contributed by atoms with Crippen molar-refractivity contribution in [2.24, 2.45) is 0 Å². The second-order valence-electron chi connectivity index (χ2n) is 3.60. The van der Waals surface area contributed by atoms with Crippen LogP contribution in [0.5, 0.6) is 5.75 Å². The molecule has 15 heavy (non-hydrogen) atoms. The zero-order chi connectivity index (χ0) is 10.5. The van der Waals surface area contributed by atoms with Crippen LogP contribution in [0.4, 0.5) is 0 Å². The van der Waals surface area contributed by atoms with Gasteiger partial charge in [0.1, 0.15) is 12.4 Å². The Balaban J connectivity index is 2.13. The highest BCUT2D eigenvalue weighted by Gasteiger charge is 2.08. The largest absolute Gasteiger partial charge is 0.492 e. The summed E-state index contributed by atoms with van der Waals surface area (Å²) in [7, 11) is 0. The van der Waals surface area contributed by atoms with Gasteiger partial charge in [-0.15, -0.1) is 0 Å². The van der Waals surface area contributed by atoms with Gasteiger partial charge in [-0.1, -0.05) is 6.07 Å². The van der Waals surface area contributed by atoms with Crippen molar-refractivity contribution in [3.63, 3.8) is 0 Å². The number of ether oxygens (including phenoxy) is 2. The van der Waals surface area contributed by atoms with Crippen LogP contribution in [-0.2, 0) is 17.9 Å². The Morgan fingerprint density at radius 1 is 1.47 bits per heavy atom. The summed E-state index contributed by atoms with van der Waals surface area (Å²) in [5, 5.41) is 3.32. The highest BCUT2D eigenvalue weighted by atomic mass is 16.5. The summed E-state index contributed by atoms with van der Waals surface area (Å²) < 4.78 is 11.0. The van der Waals surface area contributed by atoms with Gasteiger partial charge in [0.2, 0.25) is 0 Å². The molecule has 0 fully saturated rings. The summed E-state index contributed by atoms with van der Waals surface area (Å²) >= 11 is 0. The molecule has 0 unspecified atom stereocenters. The predicted octanol–water partition coefficient (Wildman–Crippen LogP) is 1.71. The average molecular weight is 207 g/mol. The third kappa shape index (κ3) is 2.70. The molecule has 3 heteroatoms. The minimum absolute atomic E-state index is 0.684. The highest BCUT2D eigenvalue weighted by Crippen LogP contribution is 2.21. The fourth-order valence-corrected chi connectivity index (χ4v) is 1.68. The van der Waals surface area contributed by atoms with Crippen LogP contribution < -0.4 is 10.1 Å². The molecule has 0 amide bonds. The van der Waals surface area contributed by atoms with Gasteiger partial charge in [-0.3, -0.25) is 0 Å². The fourth-order valence-electron chi connectivity index (χ4n) is 1.68. The third-order valence-electron chi connectivity index (χ3n) is 2.45. The Hall–Kier alpha value is -1.06. The second-order valence-corrected chi connectivity index (χ2v) is 3.60. The van der Waals surface area contributed by atoms with E-state index in [1.807, 2.05) is 13.0 Å². The van der Waals surface area contributed by atoms with Gasteiger partial charge in [0, 0.05) is 25.3 Å². The van der Waals surface area contributed by atoms with Gasteiger partial charge in [0.25, 0.3) is 0 Å². The van der Waals surface area contributed by atoms with E-state index < -0.39 is 0 Å². The molecule has 1 aliphatic heterocycles. The van der Waals surface area contributed by atoms with Crippen LogP contribution in [0.15, 0.2) is 18.2 Å². The molecule has 3 nitrogen and oxygen atoms in total. The van der Waals surface area contributed by atoms with E-state index in [0.717, 1.165) is 32.1 Å². The van der Waals surface area contributed by atoms with Crippen LogP contribution in [0.25, 0.3) is 0 Å². The molecule has 0 aliphatic carbocycles. The number of benzene rings is 1. The van der Waals surface area contributed by atoms with Gasteiger partial charge in [-0.25, -0.2) is 0 Å². The van der Waals surface area contributed by atoms with Crippen LogP contribution in [-0.4, -0.2) is 19.8 Å². The molecule has 1 aliphatic rings. The van der Waals surface area contributed by atoms with E-state index in [1.54, 1.807) is 0 Å².